The van der Waals surface area contributed by atoms with Gasteiger partial charge in [0.05, 0.1) is 12.6 Å². The molecule has 0 aliphatic heterocycles. The molecule has 1 fully saturated rings. The molecule has 1 heterocycles. The lowest BCUT2D eigenvalue weighted by atomic mass is 10.3. The fourth-order valence-electron chi connectivity index (χ4n) is 0.932. The van der Waals surface area contributed by atoms with E-state index in [9.17, 15) is 0 Å². The number of methoxy groups -OCH3 is 1. The summed E-state index contributed by atoms with van der Waals surface area (Å²) in [5.74, 6) is 1.02. The molecule has 0 spiro atoms. The lowest BCUT2D eigenvalue weighted by Crippen LogP contribution is -2.18. The Balaban J connectivity index is 2.25. The van der Waals surface area contributed by atoms with Crippen LogP contribution in [0.3, 0.4) is 0 Å². The van der Waals surface area contributed by atoms with Crippen molar-refractivity contribution in [3.63, 3.8) is 0 Å². The van der Waals surface area contributed by atoms with Crippen LogP contribution in [-0.2, 0) is 5.54 Å². The van der Waals surface area contributed by atoms with Crippen molar-refractivity contribution in [2.75, 3.05) is 7.11 Å². The second-order valence-electron chi connectivity index (χ2n) is 2.84. The Morgan fingerprint density at radius 2 is 2.45 bits per heavy atom. The van der Waals surface area contributed by atoms with Gasteiger partial charge in [0.25, 0.3) is 0 Å². The second-order valence-corrected chi connectivity index (χ2v) is 2.84. The molecular weight excluding hydrogens is 144 g/mol. The average molecular weight is 154 g/mol. The number of rotatable bonds is 2. The van der Waals surface area contributed by atoms with Gasteiger partial charge in [-0.2, -0.15) is 0 Å². The fourth-order valence-corrected chi connectivity index (χ4v) is 0.932. The smallest absolute Gasteiger partial charge is 0.304 e. The summed E-state index contributed by atoms with van der Waals surface area (Å²) in [4.78, 5) is 4.00. The largest absolute Gasteiger partial charge is 0.467 e. The quantitative estimate of drug-likeness (QED) is 0.678. The van der Waals surface area contributed by atoms with E-state index in [2.05, 4.69) is 4.98 Å². The summed E-state index contributed by atoms with van der Waals surface area (Å²) in [7, 11) is 1.54. The molecule has 1 aliphatic carbocycles. The van der Waals surface area contributed by atoms with Gasteiger partial charge in [-0.1, -0.05) is 0 Å². The summed E-state index contributed by atoms with van der Waals surface area (Å²) >= 11 is 0. The third-order valence-electron chi connectivity index (χ3n) is 1.90. The summed E-state index contributed by atoms with van der Waals surface area (Å²) in [5.41, 5.74) is 5.53. The van der Waals surface area contributed by atoms with Crippen LogP contribution in [0.4, 0.5) is 0 Å². The number of aromatic nitrogens is 1. The van der Waals surface area contributed by atoms with Gasteiger partial charge in [0.15, 0.2) is 0 Å². The van der Waals surface area contributed by atoms with Gasteiger partial charge in [-0.3, -0.25) is 0 Å². The molecule has 0 saturated heterocycles. The SMILES string of the molecule is COc1cnc(C2(N)CC2)o1. The summed E-state index contributed by atoms with van der Waals surface area (Å²) < 4.78 is 10.0. The van der Waals surface area contributed by atoms with E-state index < -0.39 is 0 Å². The van der Waals surface area contributed by atoms with Crippen LogP contribution in [0, 0.1) is 0 Å². The topological polar surface area (TPSA) is 61.3 Å². The first-order valence-corrected chi connectivity index (χ1v) is 3.54. The van der Waals surface area contributed by atoms with E-state index >= 15 is 0 Å². The molecule has 60 valence electrons. The van der Waals surface area contributed by atoms with Crippen molar-refractivity contribution in [1.82, 2.24) is 4.98 Å². The zero-order valence-corrected chi connectivity index (χ0v) is 6.33. The van der Waals surface area contributed by atoms with E-state index in [1.54, 1.807) is 13.3 Å². The van der Waals surface area contributed by atoms with Gasteiger partial charge >= 0.3 is 5.95 Å². The van der Waals surface area contributed by atoms with Crippen LogP contribution < -0.4 is 10.5 Å². The molecule has 4 heteroatoms. The predicted octanol–water partition coefficient (Wildman–Crippen LogP) is 0.631. The van der Waals surface area contributed by atoms with Crippen molar-refractivity contribution in [3.8, 4) is 5.95 Å². The van der Waals surface area contributed by atoms with Crippen molar-refractivity contribution in [2.24, 2.45) is 5.73 Å². The Morgan fingerprint density at radius 1 is 1.73 bits per heavy atom. The van der Waals surface area contributed by atoms with Crippen molar-refractivity contribution < 1.29 is 9.15 Å². The van der Waals surface area contributed by atoms with Crippen LogP contribution >= 0.6 is 0 Å². The standard InChI is InChI=1S/C7H10N2O2/c1-10-5-4-9-6(11-5)7(8)2-3-7/h4H,2-3,8H2,1H3. The highest BCUT2D eigenvalue weighted by atomic mass is 16.6. The zero-order valence-electron chi connectivity index (χ0n) is 6.33. The lowest BCUT2D eigenvalue weighted by Gasteiger charge is -1.99. The minimum absolute atomic E-state index is 0.295. The molecule has 0 radical (unpaired) electrons. The molecule has 11 heavy (non-hydrogen) atoms. The highest BCUT2D eigenvalue weighted by Gasteiger charge is 2.44. The number of nitrogens with zero attached hydrogens (tertiary/aromatic N) is 1. The van der Waals surface area contributed by atoms with Gasteiger partial charge in [0, 0.05) is 0 Å². The molecule has 1 aromatic heterocycles. The van der Waals surface area contributed by atoms with E-state index in [4.69, 9.17) is 14.9 Å². The van der Waals surface area contributed by atoms with Gasteiger partial charge < -0.3 is 14.9 Å². The molecule has 0 bridgehead atoms. The van der Waals surface area contributed by atoms with E-state index in [1.807, 2.05) is 0 Å². The Hall–Kier alpha value is -1.03. The Kier molecular flexibility index (Phi) is 1.20. The minimum Gasteiger partial charge on any atom is -0.467 e. The Labute approximate surface area is 64.4 Å². The van der Waals surface area contributed by atoms with Crippen LogP contribution in [0.1, 0.15) is 18.7 Å². The fraction of sp³-hybridized carbons (Fsp3) is 0.571. The van der Waals surface area contributed by atoms with E-state index in [0.29, 0.717) is 11.8 Å². The number of hydrogen-bond acceptors (Lipinski definition) is 4. The van der Waals surface area contributed by atoms with Crippen LogP contribution in [0.5, 0.6) is 5.95 Å². The van der Waals surface area contributed by atoms with E-state index in [0.717, 1.165) is 12.8 Å². The first kappa shape index (κ1) is 6.67. The molecule has 1 saturated carbocycles. The molecule has 2 rings (SSSR count). The third-order valence-corrected chi connectivity index (χ3v) is 1.90. The van der Waals surface area contributed by atoms with Gasteiger partial charge in [-0.15, -0.1) is 0 Å². The van der Waals surface area contributed by atoms with E-state index in [-0.39, 0.29) is 5.54 Å². The summed E-state index contributed by atoms with van der Waals surface area (Å²) in [5, 5.41) is 0. The number of oxazole rings is 1. The maximum absolute atomic E-state index is 5.82. The van der Waals surface area contributed by atoms with Gasteiger partial charge in [0.1, 0.15) is 6.20 Å². The van der Waals surface area contributed by atoms with E-state index in [1.165, 1.54) is 0 Å². The molecule has 0 atom stereocenters. The predicted molar refractivity (Wildman–Crippen MR) is 38.2 cm³/mol. The summed E-state index contributed by atoms with van der Waals surface area (Å²) in [6.07, 6.45) is 3.45. The van der Waals surface area contributed by atoms with Gasteiger partial charge in [-0.25, -0.2) is 4.98 Å². The molecule has 1 aliphatic rings. The van der Waals surface area contributed by atoms with Crippen LogP contribution in [0.25, 0.3) is 0 Å². The maximum atomic E-state index is 5.82. The minimum atomic E-state index is -0.295. The number of nitrogens with two attached hydrogens (primary N) is 1. The van der Waals surface area contributed by atoms with Crippen LogP contribution in [0.2, 0.25) is 0 Å². The van der Waals surface area contributed by atoms with Crippen molar-refractivity contribution in [2.45, 2.75) is 18.4 Å². The molecule has 0 unspecified atom stereocenters. The monoisotopic (exact) mass is 154 g/mol. The normalized spacial score (nSPS) is 19.8. The number of hydrogen-bond donors (Lipinski definition) is 1. The lowest BCUT2D eigenvalue weighted by molar-refractivity contribution is 0.283. The Morgan fingerprint density at radius 3 is 2.91 bits per heavy atom. The highest BCUT2D eigenvalue weighted by Crippen LogP contribution is 2.42. The molecule has 0 aromatic carbocycles. The molecule has 1 aromatic rings. The number of ether oxygens (including phenoxy) is 1. The molecule has 0 amide bonds. The second kappa shape index (κ2) is 1.98. The van der Waals surface area contributed by atoms with Crippen molar-refractivity contribution >= 4 is 0 Å². The first-order chi connectivity index (χ1) is 5.24. The average Bonchev–Trinajstić information content (AvgIpc) is 2.61. The molecule has 2 N–H and O–H groups in total. The first-order valence-electron chi connectivity index (χ1n) is 3.54. The zero-order chi connectivity index (χ0) is 7.90. The highest BCUT2D eigenvalue weighted by molar-refractivity contribution is 5.14. The molecule has 4 nitrogen and oxygen atoms in total. The third kappa shape index (κ3) is 0.991. The van der Waals surface area contributed by atoms with Crippen molar-refractivity contribution in [3.05, 3.63) is 12.1 Å². The van der Waals surface area contributed by atoms with Crippen LogP contribution in [0.15, 0.2) is 10.6 Å². The van der Waals surface area contributed by atoms with Crippen molar-refractivity contribution in [1.29, 1.82) is 0 Å². The van der Waals surface area contributed by atoms with Gasteiger partial charge in [0.2, 0.25) is 5.89 Å². The maximum Gasteiger partial charge on any atom is 0.304 e. The summed E-state index contributed by atoms with van der Waals surface area (Å²) in [6, 6.07) is 0. The van der Waals surface area contributed by atoms with Gasteiger partial charge in [-0.05, 0) is 12.8 Å². The summed E-state index contributed by atoms with van der Waals surface area (Å²) in [6.45, 7) is 0. The molecular formula is C7H10N2O2. The Bertz CT molecular complexity index is 265. The van der Waals surface area contributed by atoms with Crippen LogP contribution in [-0.4, -0.2) is 12.1 Å².